The Bertz CT molecular complexity index is 390. The molecule has 11 heavy (non-hydrogen) atoms. The average Bonchev–Trinajstić information content (AvgIpc) is 2.11. The first-order valence-corrected chi connectivity index (χ1v) is 2.69. The maximum Gasteiger partial charge on any atom is 0.339 e. The number of anilines is 1. The van der Waals surface area contributed by atoms with Gasteiger partial charge in [0.1, 0.15) is 11.3 Å². The number of phenols is 1. The molecule has 1 rings (SSSR count). The molecule has 0 unspecified atom stereocenters. The molecule has 0 bridgehead atoms. The number of nitrogen functional groups attached to an aromatic ring is 1. The first-order chi connectivity index (χ1) is 6.37. The monoisotopic (exact) mass is 156 g/mol. The molecule has 0 fully saturated rings. The minimum Gasteiger partial charge on any atom is -0.507 e. The molecule has 58 valence electrons. The van der Waals surface area contributed by atoms with Crippen molar-refractivity contribution in [2.75, 3.05) is 5.73 Å². The van der Waals surface area contributed by atoms with E-state index in [0.29, 0.717) is 0 Å². The van der Waals surface area contributed by atoms with Crippen LogP contribution in [0.1, 0.15) is 14.5 Å². The molecule has 0 saturated heterocycles. The lowest BCUT2D eigenvalue weighted by atomic mass is 10.2. The van der Waals surface area contributed by atoms with Gasteiger partial charge in [0, 0.05) is 5.69 Å². The number of hydrogen-bond donors (Lipinski definition) is 3. The number of aromatic hydroxyl groups is 1. The van der Waals surface area contributed by atoms with E-state index >= 15 is 0 Å². The number of aromatic carboxylic acids is 1. The van der Waals surface area contributed by atoms with Crippen LogP contribution in [0.25, 0.3) is 0 Å². The Morgan fingerprint density at radius 3 is 2.82 bits per heavy atom. The van der Waals surface area contributed by atoms with Crippen LogP contribution in [0.4, 0.5) is 5.69 Å². The summed E-state index contributed by atoms with van der Waals surface area (Å²) in [7, 11) is 0. The van der Waals surface area contributed by atoms with Crippen molar-refractivity contribution in [1.29, 1.82) is 0 Å². The average molecular weight is 156 g/mol. The minimum atomic E-state index is -1.55. The van der Waals surface area contributed by atoms with Crippen molar-refractivity contribution in [3.05, 3.63) is 23.7 Å². The fraction of sp³-hybridized carbons (Fsp3) is 0. The summed E-state index contributed by atoms with van der Waals surface area (Å²) in [4.78, 5) is 10.6. The maximum absolute atomic E-state index is 10.6. The minimum absolute atomic E-state index is 0.426. The molecule has 0 atom stereocenters. The summed E-state index contributed by atoms with van der Waals surface area (Å²) < 4.78 is 21.6. The third-order valence-electron chi connectivity index (χ3n) is 1.03. The number of benzene rings is 1. The Morgan fingerprint density at radius 1 is 1.64 bits per heavy atom. The van der Waals surface area contributed by atoms with Crippen LogP contribution in [0.2, 0.25) is 0 Å². The molecule has 0 aliphatic rings. The normalized spacial score (nSPS) is 13.3. The standard InChI is InChI=1S/C7H7NO3/c8-4-1-2-6(9)5(3-4)7(10)11/h1-3,9H,8H2,(H,10,11)/i1D,2D,3D. The zero-order valence-corrected chi connectivity index (χ0v) is 5.38. The first kappa shape index (κ1) is 4.23. The summed E-state index contributed by atoms with van der Waals surface area (Å²) in [6, 6.07) is -1.87. The number of carbonyl (C=O) groups is 1. The quantitative estimate of drug-likeness (QED) is 0.412. The van der Waals surface area contributed by atoms with Gasteiger partial charge in [-0.25, -0.2) is 4.79 Å². The molecule has 4 nitrogen and oxygen atoms in total. The van der Waals surface area contributed by atoms with E-state index in [1.165, 1.54) is 0 Å². The Hall–Kier alpha value is -1.71. The van der Waals surface area contributed by atoms with Gasteiger partial charge in [-0.15, -0.1) is 0 Å². The van der Waals surface area contributed by atoms with E-state index in [0.717, 1.165) is 0 Å². The summed E-state index contributed by atoms with van der Waals surface area (Å²) in [6.07, 6.45) is 0. The Kier molecular flexibility index (Phi) is 0.958. The Morgan fingerprint density at radius 2 is 2.27 bits per heavy atom. The fourth-order valence-corrected chi connectivity index (χ4v) is 0.569. The van der Waals surface area contributed by atoms with Gasteiger partial charge in [-0.05, 0) is 18.1 Å². The van der Waals surface area contributed by atoms with Crippen molar-refractivity contribution < 1.29 is 19.1 Å². The van der Waals surface area contributed by atoms with Crippen LogP contribution in [-0.2, 0) is 0 Å². The van der Waals surface area contributed by atoms with Gasteiger partial charge >= 0.3 is 5.97 Å². The molecule has 0 aromatic heterocycles. The zero-order chi connectivity index (χ0) is 11.0. The molecule has 0 spiro atoms. The summed E-state index contributed by atoms with van der Waals surface area (Å²) >= 11 is 0. The van der Waals surface area contributed by atoms with Crippen LogP contribution in [0.3, 0.4) is 0 Å². The lowest BCUT2D eigenvalue weighted by Gasteiger charge is -1.98. The summed E-state index contributed by atoms with van der Waals surface area (Å²) in [6.45, 7) is 0. The molecule has 0 saturated carbocycles. The van der Waals surface area contributed by atoms with E-state index in [9.17, 15) is 9.90 Å². The molecule has 4 heteroatoms. The number of hydrogen-bond acceptors (Lipinski definition) is 3. The van der Waals surface area contributed by atoms with E-state index in [2.05, 4.69) is 0 Å². The Balaban J connectivity index is 3.68. The van der Waals surface area contributed by atoms with Crippen LogP contribution in [0.5, 0.6) is 5.75 Å². The van der Waals surface area contributed by atoms with Crippen LogP contribution in [-0.4, -0.2) is 16.2 Å². The summed E-state index contributed by atoms with van der Waals surface area (Å²) in [5.74, 6) is -2.45. The van der Waals surface area contributed by atoms with Crippen molar-refractivity contribution in [3.8, 4) is 5.75 Å². The first-order valence-electron chi connectivity index (χ1n) is 4.19. The van der Waals surface area contributed by atoms with Crippen molar-refractivity contribution >= 4 is 11.7 Å². The smallest absolute Gasteiger partial charge is 0.339 e. The van der Waals surface area contributed by atoms with Gasteiger partial charge in [-0.3, -0.25) is 0 Å². The molecule has 4 N–H and O–H groups in total. The van der Waals surface area contributed by atoms with Gasteiger partial charge in [0.15, 0.2) is 0 Å². The highest BCUT2D eigenvalue weighted by Gasteiger charge is 2.08. The largest absolute Gasteiger partial charge is 0.507 e. The second-order valence-electron chi connectivity index (χ2n) is 1.82. The highest BCUT2D eigenvalue weighted by atomic mass is 16.4. The highest BCUT2D eigenvalue weighted by Crippen LogP contribution is 2.18. The van der Waals surface area contributed by atoms with Gasteiger partial charge < -0.3 is 15.9 Å². The summed E-state index contributed by atoms with van der Waals surface area (Å²) in [5.41, 5.74) is 4.05. The molecular formula is C7H7NO3. The van der Waals surface area contributed by atoms with E-state index in [1.54, 1.807) is 0 Å². The van der Waals surface area contributed by atoms with Gasteiger partial charge in [0.25, 0.3) is 0 Å². The van der Waals surface area contributed by atoms with E-state index in [-0.39, 0.29) is 0 Å². The van der Waals surface area contributed by atoms with E-state index in [1.807, 2.05) is 0 Å². The van der Waals surface area contributed by atoms with Gasteiger partial charge in [0.05, 0.1) is 4.11 Å². The molecule has 0 aliphatic heterocycles. The lowest BCUT2D eigenvalue weighted by Crippen LogP contribution is -1.97. The van der Waals surface area contributed by atoms with Crippen molar-refractivity contribution in [2.45, 2.75) is 0 Å². The number of nitrogens with two attached hydrogens (primary N) is 1. The van der Waals surface area contributed by atoms with Gasteiger partial charge in [0.2, 0.25) is 0 Å². The van der Waals surface area contributed by atoms with Crippen molar-refractivity contribution in [1.82, 2.24) is 0 Å². The van der Waals surface area contributed by atoms with Crippen molar-refractivity contribution in [3.63, 3.8) is 0 Å². The van der Waals surface area contributed by atoms with Crippen molar-refractivity contribution in [2.24, 2.45) is 0 Å². The maximum atomic E-state index is 10.6. The predicted molar refractivity (Wildman–Crippen MR) is 39.5 cm³/mol. The van der Waals surface area contributed by atoms with E-state index < -0.39 is 41.1 Å². The molecule has 0 heterocycles. The second kappa shape index (κ2) is 2.49. The number of carboxylic acids is 1. The lowest BCUT2D eigenvalue weighted by molar-refractivity contribution is 0.0694. The van der Waals surface area contributed by atoms with Crippen LogP contribution >= 0.6 is 0 Å². The predicted octanol–water partition coefficient (Wildman–Crippen LogP) is 0.673. The Labute approximate surface area is 67.1 Å². The topological polar surface area (TPSA) is 83.5 Å². The van der Waals surface area contributed by atoms with Crippen LogP contribution in [0, 0.1) is 0 Å². The number of carboxylic acid groups (broad SMARTS) is 1. The molecular weight excluding hydrogens is 146 g/mol. The number of rotatable bonds is 1. The molecule has 1 aromatic carbocycles. The van der Waals surface area contributed by atoms with Gasteiger partial charge in [-0.1, -0.05) is 0 Å². The van der Waals surface area contributed by atoms with Gasteiger partial charge in [-0.2, -0.15) is 0 Å². The second-order valence-corrected chi connectivity index (χ2v) is 1.82. The highest BCUT2D eigenvalue weighted by molar-refractivity contribution is 5.91. The fourth-order valence-electron chi connectivity index (χ4n) is 0.569. The third-order valence-corrected chi connectivity index (χ3v) is 1.03. The third kappa shape index (κ3) is 1.40. The van der Waals surface area contributed by atoms with Crippen LogP contribution < -0.4 is 5.73 Å². The SMILES string of the molecule is [2H]c1c([2H])c(O)c(C(=O)O)c([2H])c1N. The molecule has 0 aliphatic carbocycles. The van der Waals surface area contributed by atoms with E-state index in [4.69, 9.17) is 15.0 Å². The molecule has 0 amide bonds. The molecule has 1 aromatic rings. The summed E-state index contributed by atoms with van der Waals surface area (Å²) in [5, 5.41) is 17.8. The molecule has 0 radical (unpaired) electrons. The zero-order valence-electron chi connectivity index (χ0n) is 8.38. The van der Waals surface area contributed by atoms with Crippen LogP contribution in [0.15, 0.2) is 18.1 Å².